The van der Waals surface area contributed by atoms with Crippen LogP contribution in [-0.4, -0.2) is 24.7 Å². The van der Waals surface area contributed by atoms with E-state index in [2.05, 4.69) is 31.2 Å². The number of carbonyl (C=O) groups excluding carboxylic acids is 1. The second-order valence-electron chi connectivity index (χ2n) is 6.44. The van der Waals surface area contributed by atoms with Crippen molar-refractivity contribution in [2.45, 2.75) is 38.7 Å². The van der Waals surface area contributed by atoms with Gasteiger partial charge in [-0.05, 0) is 48.6 Å². The summed E-state index contributed by atoms with van der Waals surface area (Å²) in [6.45, 7) is 2.68. The molecular weight excluding hydrogens is 314 g/mol. The lowest BCUT2D eigenvalue weighted by atomic mass is 9.97. The van der Waals surface area contributed by atoms with E-state index in [1.807, 2.05) is 18.2 Å². The Morgan fingerprint density at radius 3 is 2.60 bits per heavy atom. The maximum Gasteiger partial charge on any atom is 0.227 e. The molecule has 0 saturated carbocycles. The van der Waals surface area contributed by atoms with Crippen LogP contribution in [0.2, 0.25) is 0 Å². The number of rotatable bonds is 5. The first kappa shape index (κ1) is 17.5. The van der Waals surface area contributed by atoms with Crippen molar-refractivity contribution in [2.24, 2.45) is 0 Å². The number of amides is 1. The highest BCUT2D eigenvalue weighted by molar-refractivity contribution is 5.95. The van der Waals surface area contributed by atoms with Gasteiger partial charge < -0.3 is 14.7 Å². The number of hydrogen-bond acceptors (Lipinski definition) is 3. The summed E-state index contributed by atoms with van der Waals surface area (Å²) in [6.07, 6.45) is 2.23. The van der Waals surface area contributed by atoms with E-state index in [9.17, 15) is 9.90 Å². The standard InChI is InChI=1S/C21H25NO3/c1-3-15-4-6-16(7-5-15)8-11-21(24)22-13-12-20(23)18-14-17(25-2)9-10-19(18)22/h4-7,9-10,14,20,23H,3,8,11-13H2,1-2H3. The van der Waals surface area contributed by atoms with Gasteiger partial charge in [0.05, 0.1) is 13.2 Å². The third-order valence-electron chi connectivity index (χ3n) is 4.87. The molecule has 1 N–H and O–H groups in total. The number of anilines is 1. The quantitative estimate of drug-likeness (QED) is 0.904. The Hall–Kier alpha value is -2.33. The number of carbonyl (C=O) groups is 1. The Morgan fingerprint density at radius 2 is 1.92 bits per heavy atom. The zero-order valence-corrected chi connectivity index (χ0v) is 14.9. The third-order valence-corrected chi connectivity index (χ3v) is 4.87. The maximum absolute atomic E-state index is 12.7. The number of aliphatic hydroxyl groups is 1. The summed E-state index contributed by atoms with van der Waals surface area (Å²) in [7, 11) is 1.60. The van der Waals surface area contributed by atoms with E-state index in [-0.39, 0.29) is 5.91 Å². The van der Waals surface area contributed by atoms with Gasteiger partial charge in [0.15, 0.2) is 0 Å². The molecule has 1 aliphatic rings. The molecule has 1 amide bonds. The minimum Gasteiger partial charge on any atom is -0.497 e. The number of aryl methyl sites for hydroxylation is 2. The highest BCUT2D eigenvalue weighted by Crippen LogP contribution is 2.36. The molecule has 132 valence electrons. The lowest BCUT2D eigenvalue weighted by Crippen LogP contribution is -2.36. The number of aliphatic hydroxyl groups excluding tert-OH is 1. The number of ether oxygens (including phenoxy) is 1. The molecule has 3 rings (SSSR count). The van der Waals surface area contributed by atoms with E-state index in [0.29, 0.717) is 25.1 Å². The smallest absolute Gasteiger partial charge is 0.227 e. The van der Waals surface area contributed by atoms with Crippen molar-refractivity contribution in [1.29, 1.82) is 0 Å². The summed E-state index contributed by atoms with van der Waals surface area (Å²) < 4.78 is 5.23. The van der Waals surface area contributed by atoms with Crippen LogP contribution in [-0.2, 0) is 17.6 Å². The molecule has 0 fully saturated rings. The lowest BCUT2D eigenvalue weighted by molar-refractivity contribution is -0.118. The summed E-state index contributed by atoms with van der Waals surface area (Å²) >= 11 is 0. The van der Waals surface area contributed by atoms with Gasteiger partial charge in [-0.1, -0.05) is 31.2 Å². The average Bonchev–Trinajstić information content (AvgIpc) is 2.66. The number of fused-ring (bicyclic) bond motifs is 1. The first-order valence-electron chi connectivity index (χ1n) is 8.86. The second kappa shape index (κ2) is 7.70. The predicted molar refractivity (Wildman–Crippen MR) is 99.1 cm³/mol. The molecule has 1 heterocycles. The molecule has 0 aromatic heterocycles. The van der Waals surface area contributed by atoms with Crippen molar-refractivity contribution in [1.82, 2.24) is 0 Å². The molecular formula is C21H25NO3. The Morgan fingerprint density at radius 1 is 1.20 bits per heavy atom. The van der Waals surface area contributed by atoms with Gasteiger partial charge in [0.1, 0.15) is 5.75 Å². The second-order valence-corrected chi connectivity index (χ2v) is 6.44. The van der Waals surface area contributed by atoms with E-state index in [4.69, 9.17) is 4.74 Å². The minimum atomic E-state index is -0.546. The molecule has 1 atom stereocenters. The fourth-order valence-corrected chi connectivity index (χ4v) is 3.29. The molecule has 0 aliphatic carbocycles. The molecule has 1 aliphatic heterocycles. The lowest BCUT2D eigenvalue weighted by Gasteiger charge is -2.32. The van der Waals surface area contributed by atoms with Crippen LogP contribution in [0.1, 0.15) is 42.6 Å². The topological polar surface area (TPSA) is 49.8 Å². The normalized spacial score (nSPS) is 16.4. The van der Waals surface area contributed by atoms with Crippen molar-refractivity contribution in [3.63, 3.8) is 0 Å². The predicted octanol–water partition coefficient (Wildman–Crippen LogP) is 3.66. The fourth-order valence-electron chi connectivity index (χ4n) is 3.29. The fraction of sp³-hybridized carbons (Fsp3) is 0.381. The Bertz CT molecular complexity index is 739. The van der Waals surface area contributed by atoms with Crippen molar-refractivity contribution < 1.29 is 14.6 Å². The number of methoxy groups -OCH3 is 1. The number of nitrogens with zero attached hydrogens (tertiary/aromatic N) is 1. The van der Waals surface area contributed by atoms with E-state index >= 15 is 0 Å². The van der Waals surface area contributed by atoms with Crippen LogP contribution in [0, 0.1) is 0 Å². The Kier molecular flexibility index (Phi) is 5.39. The molecule has 0 spiro atoms. The van der Waals surface area contributed by atoms with Gasteiger partial charge in [-0.3, -0.25) is 4.79 Å². The van der Waals surface area contributed by atoms with Gasteiger partial charge in [-0.2, -0.15) is 0 Å². The summed E-state index contributed by atoms with van der Waals surface area (Å²) in [5.74, 6) is 0.793. The van der Waals surface area contributed by atoms with Crippen LogP contribution < -0.4 is 9.64 Å². The molecule has 25 heavy (non-hydrogen) atoms. The Balaban J connectivity index is 1.71. The van der Waals surface area contributed by atoms with Gasteiger partial charge in [-0.25, -0.2) is 0 Å². The van der Waals surface area contributed by atoms with E-state index in [1.54, 1.807) is 12.0 Å². The number of benzene rings is 2. The zero-order chi connectivity index (χ0) is 17.8. The van der Waals surface area contributed by atoms with Crippen molar-refractivity contribution >= 4 is 11.6 Å². The van der Waals surface area contributed by atoms with Crippen LogP contribution >= 0.6 is 0 Å². The monoisotopic (exact) mass is 339 g/mol. The molecule has 4 nitrogen and oxygen atoms in total. The molecule has 0 bridgehead atoms. The van der Waals surface area contributed by atoms with Crippen LogP contribution in [0.3, 0.4) is 0 Å². The third kappa shape index (κ3) is 3.85. The van der Waals surface area contributed by atoms with E-state index in [1.165, 1.54) is 11.1 Å². The SMILES string of the molecule is CCc1ccc(CCC(=O)N2CCC(O)c3cc(OC)ccc32)cc1. The molecule has 0 saturated heterocycles. The van der Waals surface area contributed by atoms with Gasteiger partial charge in [0.25, 0.3) is 0 Å². The van der Waals surface area contributed by atoms with Crippen molar-refractivity contribution in [2.75, 3.05) is 18.6 Å². The molecule has 0 radical (unpaired) electrons. The van der Waals surface area contributed by atoms with Gasteiger partial charge in [0.2, 0.25) is 5.91 Å². The molecule has 2 aromatic rings. The van der Waals surface area contributed by atoms with Crippen molar-refractivity contribution in [3.05, 3.63) is 59.2 Å². The van der Waals surface area contributed by atoms with Crippen LogP contribution in [0.15, 0.2) is 42.5 Å². The summed E-state index contributed by atoms with van der Waals surface area (Å²) in [6, 6.07) is 14.0. The molecule has 1 unspecified atom stereocenters. The van der Waals surface area contributed by atoms with Crippen molar-refractivity contribution in [3.8, 4) is 5.75 Å². The highest BCUT2D eigenvalue weighted by Gasteiger charge is 2.27. The minimum absolute atomic E-state index is 0.0953. The highest BCUT2D eigenvalue weighted by atomic mass is 16.5. The van der Waals surface area contributed by atoms with Gasteiger partial charge in [-0.15, -0.1) is 0 Å². The summed E-state index contributed by atoms with van der Waals surface area (Å²) in [4.78, 5) is 14.5. The average molecular weight is 339 g/mol. The first-order valence-corrected chi connectivity index (χ1v) is 8.86. The van der Waals surface area contributed by atoms with Gasteiger partial charge in [0, 0.05) is 24.2 Å². The van der Waals surface area contributed by atoms with E-state index in [0.717, 1.165) is 24.1 Å². The maximum atomic E-state index is 12.7. The Labute approximate surface area is 149 Å². The molecule has 4 heteroatoms. The van der Waals surface area contributed by atoms with Crippen LogP contribution in [0.25, 0.3) is 0 Å². The molecule has 2 aromatic carbocycles. The summed E-state index contributed by atoms with van der Waals surface area (Å²) in [5.41, 5.74) is 4.05. The number of hydrogen-bond donors (Lipinski definition) is 1. The zero-order valence-electron chi connectivity index (χ0n) is 14.9. The summed E-state index contributed by atoms with van der Waals surface area (Å²) in [5, 5.41) is 10.2. The van der Waals surface area contributed by atoms with Crippen LogP contribution in [0.5, 0.6) is 5.75 Å². The largest absolute Gasteiger partial charge is 0.497 e. The first-order chi connectivity index (χ1) is 12.1. The van der Waals surface area contributed by atoms with Crippen LogP contribution in [0.4, 0.5) is 5.69 Å². The van der Waals surface area contributed by atoms with Gasteiger partial charge >= 0.3 is 0 Å². The van der Waals surface area contributed by atoms with E-state index < -0.39 is 6.10 Å².